The van der Waals surface area contributed by atoms with Crippen LogP contribution in [-0.4, -0.2) is 10.8 Å². The zero-order valence-electron chi connectivity index (χ0n) is 9.86. The maximum absolute atomic E-state index is 12.1. The predicted octanol–water partition coefficient (Wildman–Crippen LogP) is 2.77. The Morgan fingerprint density at radius 1 is 1.41 bits per heavy atom. The summed E-state index contributed by atoms with van der Waals surface area (Å²) in [4.78, 5) is 16.4. The number of aryl methyl sites for hydroxylation is 1. The molecule has 1 aromatic carbocycles. The largest absolute Gasteiger partial charge is 0.398 e. The maximum atomic E-state index is 12.1. The molecule has 0 atom stereocenters. The van der Waals surface area contributed by atoms with Crippen molar-refractivity contribution in [3.05, 3.63) is 45.4 Å². The fourth-order valence-corrected chi connectivity index (χ4v) is 2.32. The highest BCUT2D eigenvalue weighted by Crippen LogP contribution is 2.18. The topological polar surface area (TPSA) is 56.0 Å². The number of hydrogen-bond donors (Lipinski definition) is 1. The first-order valence-corrected chi connectivity index (χ1v) is 6.25. The zero-order valence-corrected chi connectivity index (χ0v) is 10.7. The van der Waals surface area contributed by atoms with E-state index in [9.17, 15) is 4.79 Å². The number of aromatic nitrogens is 1. The molecular weight excluding hydrogens is 232 g/mol. The summed E-state index contributed by atoms with van der Waals surface area (Å²) in [6.45, 7) is 3.80. The van der Waals surface area contributed by atoms with Crippen molar-refractivity contribution in [2.24, 2.45) is 0 Å². The van der Waals surface area contributed by atoms with Gasteiger partial charge in [0.1, 0.15) is 0 Å². The molecule has 0 amide bonds. The number of thiazole rings is 1. The molecule has 17 heavy (non-hydrogen) atoms. The normalized spacial score (nSPS) is 10.5. The van der Waals surface area contributed by atoms with Crippen LogP contribution < -0.4 is 5.73 Å². The molecule has 0 saturated heterocycles. The summed E-state index contributed by atoms with van der Waals surface area (Å²) in [7, 11) is 0. The molecule has 0 fully saturated rings. The Balaban J connectivity index is 2.23. The molecule has 2 N–H and O–H groups in total. The van der Waals surface area contributed by atoms with Gasteiger partial charge in [-0.2, -0.15) is 0 Å². The fraction of sp³-hybridized carbons (Fsp3) is 0.231. The Hall–Kier alpha value is -1.68. The molecule has 1 heterocycles. The van der Waals surface area contributed by atoms with Crippen LogP contribution in [0, 0.1) is 13.8 Å². The van der Waals surface area contributed by atoms with Gasteiger partial charge in [-0.15, -0.1) is 11.3 Å². The van der Waals surface area contributed by atoms with E-state index in [1.54, 1.807) is 17.4 Å². The van der Waals surface area contributed by atoms with Gasteiger partial charge in [0, 0.05) is 16.6 Å². The molecule has 0 radical (unpaired) electrons. The molecule has 0 spiro atoms. The third-order valence-corrected chi connectivity index (χ3v) is 3.51. The van der Waals surface area contributed by atoms with Crippen LogP contribution in [0.5, 0.6) is 0 Å². The number of Topliss-reactive ketones (excluding diaryl/α,β-unsaturated/α-hetero) is 1. The fourth-order valence-electron chi connectivity index (χ4n) is 1.70. The number of rotatable bonds is 3. The van der Waals surface area contributed by atoms with Crippen molar-refractivity contribution < 1.29 is 4.79 Å². The molecule has 0 aliphatic heterocycles. The van der Waals surface area contributed by atoms with Gasteiger partial charge in [0.15, 0.2) is 5.78 Å². The summed E-state index contributed by atoms with van der Waals surface area (Å²) in [5.41, 5.74) is 8.82. The van der Waals surface area contributed by atoms with Gasteiger partial charge in [-0.05, 0) is 25.5 Å². The quantitative estimate of drug-likeness (QED) is 0.669. The highest BCUT2D eigenvalue weighted by atomic mass is 32.1. The molecule has 3 nitrogen and oxygen atoms in total. The predicted molar refractivity (Wildman–Crippen MR) is 70.5 cm³/mol. The Morgan fingerprint density at radius 3 is 2.82 bits per heavy atom. The number of anilines is 1. The second-order valence-electron chi connectivity index (χ2n) is 3.98. The van der Waals surface area contributed by atoms with Gasteiger partial charge in [-0.25, -0.2) is 4.98 Å². The average Bonchev–Trinajstić information content (AvgIpc) is 2.68. The van der Waals surface area contributed by atoms with Crippen LogP contribution in [0.15, 0.2) is 23.6 Å². The lowest BCUT2D eigenvalue weighted by Crippen LogP contribution is -2.07. The second-order valence-corrected chi connectivity index (χ2v) is 5.04. The number of nitrogens with two attached hydrogens (primary N) is 1. The van der Waals surface area contributed by atoms with Gasteiger partial charge < -0.3 is 5.73 Å². The van der Waals surface area contributed by atoms with E-state index in [2.05, 4.69) is 4.98 Å². The Labute approximate surface area is 104 Å². The number of benzene rings is 1. The molecule has 2 rings (SSSR count). The van der Waals surface area contributed by atoms with Crippen LogP contribution in [-0.2, 0) is 6.42 Å². The van der Waals surface area contributed by atoms with Gasteiger partial charge in [0.05, 0.1) is 17.1 Å². The standard InChI is InChI=1S/C13H14N2OS/c1-8-11(4-3-5-12(8)14)13(16)6-10-7-17-9(2)15-10/h3-5,7H,6,14H2,1-2H3. The minimum Gasteiger partial charge on any atom is -0.398 e. The van der Waals surface area contributed by atoms with E-state index in [0.29, 0.717) is 17.7 Å². The van der Waals surface area contributed by atoms with Gasteiger partial charge in [0.25, 0.3) is 0 Å². The Bertz CT molecular complexity index is 560. The minimum absolute atomic E-state index is 0.0695. The van der Waals surface area contributed by atoms with Gasteiger partial charge in [0.2, 0.25) is 0 Å². The highest BCUT2D eigenvalue weighted by Gasteiger charge is 2.12. The number of carbonyl (C=O) groups excluding carboxylic acids is 1. The van der Waals surface area contributed by atoms with Crippen LogP contribution in [0.25, 0.3) is 0 Å². The smallest absolute Gasteiger partial charge is 0.169 e. The molecule has 2 aromatic rings. The van der Waals surface area contributed by atoms with Crippen LogP contribution >= 0.6 is 11.3 Å². The molecule has 88 valence electrons. The van der Waals surface area contributed by atoms with E-state index in [1.165, 1.54) is 0 Å². The van der Waals surface area contributed by atoms with E-state index in [4.69, 9.17) is 5.73 Å². The minimum atomic E-state index is 0.0695. The van der Waals surface area contributed by atoms with Crippen LogP contribution in [0.2, 0.25) is 0 Å². The van der Waals surface area contributed by atoms with Crippen molar-refractivity contribution in [2.45, 2.75) is 20.3 Å². The van der Waals surface area contributed by atoms with Gasteiger partial charge in [-0.1, -0.05) is 12.1 Å². The third kappa shape index (κ3) is 2.53. The van der Waals surface area contributed by atoms with Crippen molar-refractivity contribution in [1.82, 2.24) is 4.98 Å². The monoisotopic (exact) mass is 246 g/mol. The number of ketones is 1. The first kappa shape index (κ1) is 11.8. The Kier molecular flexibility index (Phi) is 3.24. The molecule has 4 heteroatoms. The first-order chi connectivity index (χ1) is 8.08. The van der Waals surface area contributed by atoms with E-state index in [0.717, 1.165) is 16.3 Å². The maximum Gasteiger partial charge on any atom is 0.169 e. The zero-order chi connectivity index (χ0) is 12.4. The lowest BCUT2D eigenvalue weighted by Gasteiger charge is -2.06. The second kappa shape index (κ2) is 4.67. The number of nitrogen functional groups attached to an aromatic ring is 1. The molecule has 0 aliphatic rings. The van der Waals surface area contributed by atoms with Crippen LogP contribution in [0.3, 0.4) is 0 Å². The summed E-state index contributed by atoms with van der Waals surface area (Å²) in [5, 5.41) is 2.91. The van der Waals surface area contributed by atoms with Gasteiger partial charge >= 0.3 is 0 Å². The van der Waals surface area contributed by atoms with E-state index >= 15 is 0 Å². The van der Waals surface area contributed by atoms with Crippen molar-refractivity contribution in [2.75, 3.05) is 5.73 Å². The number of carbonyl (C=O) groups is 1. The van der Waals surface area contributed by atoms with Crippen molar-refractivity contribution in [1.29, 1.82) is 0 Å². The van der Waals surface area contributed by atoms with Crippen LogP contribution in [0.4, 0.5) is 5.69 Å². The van der Waals surface area contributed by atoms with E-state index in [1.807, 2.05) is 31.4 Å². The molecule has 0 unspecified atom stereocenters. The van der Waals surface area contributed by atoms with Crippen LogP contribution in [0.1, 0.15) is 26.6 Å². The third-order valence-electron chi connectivity index (χ3n) is 2.68. The molecular formula is C13H14N2OS. The van der Waals surface area contributed by atoms with Crippen molar-refractivity contribution in [3.63, 3.8) is 0 Å². The van der Waals surface area contributed by atoms with E-state index < -0.39 is 0 Å². The van der Waals surface area contributed by atoms with Gasteiger partial charge in [-0.3, -0.25) is 4.79 Å². The average molecular weight is 246 g/mol. The molecule has 0 bridgehead atoms. The SMILES string of the molecule is Cc1nc(CC(=O)c2cccc(N)c2C)cs1. The number of nitrogens with zero attached hydrogens (tertiary/aromatic N) is 1. The lowest BCUT2D eigenvalue weighted by atomic mass is 10.0. The molecule has 0 aliphatic carbocycles. The molecule has 0 saturated carbocycles. The highest BCUT2D eigenvalue weighted by molar-refractivity contribution is 7.09. The molecule has 1 aromatic heterocycles. The summed E-state index contributed by atoms with van der Waals surface area (Å²) in [6, 6.07) is 5.42. The summed E-state index contributed by atoms with van der Waals surface area (Å²) in [6.07, 6.45) is 0.342. The summed E-state index contributed by atoms with van der Waals surface area (Å²) in [5.74, 6) is 0.0695. The lowest BCUT2D eigenvalue weighted by molar-refractivity contribution is 0.0991. The van der Waals surface area contributed by atoms with E-state index in [-0.39, 0.29) is 5.78 Å². The summed E-state index contributed by atoms with van der Waals surface area (Å²) >= 11 is 1.56. The Morgan fingerprint density at radius 2 is 2.18 bits per heavy atom. The summed E-state index contributed by atoms with van der Waals surface area (Å²) < 4.78 is 0. The number of hydrogen-bond acceptors (Lipinski definition) is 4. The van der Waals surface area contributed by atoms with Crippen molar-refractivity contribution in [3.8, 4) is 0 Å². The first-order valence-electron chi connectivity index (χ1n) is 5.37. The van der Waals surface area contributed by atoms with Crippen molar-refractivity contribution >= 4 is 22.8 Å².